The van der Waals surface area contributed by atoms with Crippen LogP contribution in [0.3, 0.4) is 0 Å². The molecule has 0 saturated carbocycles. The van der Waals surface area contributed by atoms with E-state index in [4.69, 9.17) is 5.84 Å². The Morgan fingerprint density at radius 3 is 2.37 bits per heavy atom. The first-order valence-corrected chi connectivity index (χ1v) is 7.68. The molecule has 1 aromatic carbocycles. The highest BCUT2D eigenvalue weighted by molar-refractivity contribution is 9.11. The van der Waals surface area contributed by atoms with Crippen LogP contribution in [0.4, 0.5) is 5.69 Å². The van der Waals surface area contributed by atoms with Gasteiger partial charge >= 0.3 is 0 Å². The average Bonchev–Trinajstić information content (AvgIpc) is 2.81. The van der Waals surface area contributed by atoms with Gasteiger partial charge in [-0.05, 0) is 45.8 Å². The third kappa shape index (κ3) is 3.79. The van der Waals surface area contributed by atoms with E-state index in [1.807, 2.05) is 14.1 Å². The Hall–Kier alpha value is -0.880. The Labute approximate surface area is 126 Å². The van der Waals surface area contributed by atoms with Gasteiger partial charge in [0.2, 0.25) is 0 Å². The summed E-state index contributed by atoms with van der Waals surface area (Å²) in [5, 5.41) is 0. The van der Waals surface area contributed by atoms with Gasteiger partial charge in [-0.3, -0.25) is 11.3 Å². The molecule has 1 unspecified atom stereocenters. The SMILES string of the molecule is CN(C)c1ccc(C(Cc2ccc(Br)s2)NN)cc1. The van der Waals surface area contributed by atoms with Gasteiger partial charge in [0.05, 0.1) is 9.83 Å². The van der Waals surface area contributed by atoms with Crippen LogP contribution in [0.15, 0.2) is 40.2 Å². The number of nitrogens with zero attached hydrogens (tertiary/aromatic N) is 1. The quantitative estimate of drug-likeness (QED) is 0.648. The van der Waals surface area contributed by atoms with Crippen LogP contribution >= 0.6 is 27.3 Å². The van der Waals surface area contributed by atoms with Gasteiger partial charge in [-0.25, -0.2) is 0 Å². The number of nitrogens with one attached hydrogen (secondary N) is 1. The van der Waals surface area contributed by atoms with Gasteiger partial charge in [0, 0.05) is 31.1 Å². The largest absolute Gasteiger partial charge is 0.378 e. The summed E-state index contributed by atoms with van der Waals surface area (Å²) in [5.74, 6) is 5.69. The minimum absolute atomic E-state index is 0.141. The minimum atomic E-state index is 0.141. The highest BCUT2D eigenvalue weighted by Gasteiger charge is 2.12. The fourth-order valence-electron chi connectivity index (χ4n) is 1.94. The summed E-state index contributed by atoms with van der Waals surface area (Å²) in [6.07, 6.45) is 0.897. The van der Waals surface area contributed by atoms with E-state index < -0.39 is 0 Å². The lowest BCUT2D eigenvalue weighted by Gasteiger charge is -2.18. The van der Waals surface area contributed by atoms with Gasteiger partial charge in [0.25, 0.3) is 0 Å². The maximum absolute atomic E-state index is 5.69. The van der Waals surface area contributed by atoms with E-state index in [2.05, 4.69) is 62.7 Å². The smallest absolute Gasteiger partial charge is 0.0701 e. The van der Waals surface area contributed by atoms with Crippen LogP contribution in [-0.2, 0) is 6.42 Å². The van der Waals surface area contributed by atoms with Crippen molar-refractivity contribution in [3.63, 3.8) is 0 Å². The molecule has 2 aromatic rings. The van der Waals surface area contributed by atoms with Crippen LogP contribution in [0.5, 0.6) is 0 Å². The van der Waals surface area contributed by atoms with Gasteiger partial charge in [-0.15, -0.1) is 11.3 Å². The van der Waals surface area contributed by atoms with Crippen molar-refractivity contribution in [1.29, 1.82) is 0 Å². The molecule has 0 amide bonds. The van der Waals surface area contributed by atoms with E-state index in [1.54, 1.807) is 11.3 Å². The first-order chi connectivity index (χ1) is 9.10. The third-order valence-corrected chi connectivity index (χ3v) is 4.69. The van der Waals surface area contributed by atoms with Crippen molar-refractivity contribution in [2.75, 3.05) is 19.0 Å². The molecule has 19 heavy (non-hydrogen) atoms. The number of hydrogen-bond acceptors (Lipinski definition) is 4. The molecule has 0 spiro atoms. The molecule has 0 radical (unpaired) electrons. The molecule has 3 N–H and O–H groups in total. The summed E-state index contributed by atoms with van der Waals surface area (Å²) in [5.41, 5.74) is 5.30. The topological polar surface area (TPSA) is 41.3 Å². The Morgan fingerprint density at radius 2 is 1.89 bits per heavy atom. The van der Waals surface area contributed by atoms with Crippen LogP contribution in [0.25, 0.3) is 0 Å². The van der Waals surface area contributed by atoms with Crippen molar-refractivity contribution in [2.45, 2.75) is 12.5 Å². The molecule has 0 aliphatic carbocycles. The molecular formula is C14H18BrN3S. The summed E-state index contributed by atoms with van der Waals surface area (Å²) >= 11 is 5.23. The Morgan fingerprint density at radius 1 is 1.21 bits per heavy atom. The number of thiophene rings is 1. The zero-order valence-corrected chi connectivity index (χ0v) is 13.5. The van der Waals surface area contributed by atoms with Crippen molar-refractivity contribution >= 4 is 33.0 Å². The molecule has 5 heteroatoms. The van der Waals surface area contributed by atoms with Gasteiger partial charge in [-0.2, -0.15) is 0 Å². The predicted molar refractivity (Wildman–Crippen MR) is 86.6 cm³/mol. The van der Waals surface area contributed by atoms with Crippen LogP contribution in [0.2, 0.25) is 0 Å². The van der Waals surface area contributed by atoms with Gasteiger partial charge in [-0.1, -0.05) is 12.1 Å². The Kier molecular flexibility index (Phi) is 4.99. The standard InChI is InChI=1S/C14H18BrN3S/c1-18(2)11-5-3-10(4-6-11)13(17-16)9-12-7-8-14(15)19-12/h3-8,13,17H,9,16H2,1-2H3. The van der Waals surface area contributed by atoms with Crippen molar-refractivity contribution in [3.8, 4) is 0 Å². The summed E-state index contributed by atoms with van der Waals surface area (Å²) in [6.45, 7) is 0. The lowest BCUT2D eigenvalue weighted by atomic mass is 10.0. The normalized spacial score (nSPS) is 12.4. The monoisotopic (exact) mass is 339 g/mol. The summed E-state index contributed by atoms with van der Waals surface area (Å²) in [6, 6.07) is 12.8. The Balaban J connectivity index is 2.12. The fraction of sp³-hybridized carbons (Fsp3) is 0.286. The molecular weight excluding hydrogens is 322 g/mol. The van der Waals surface area contributed by atoms with E-state index in [1.165, 1.54) is 16.1 Å². The lowest BCUT2D eigenvalue weighted by Crippen LogP contribution is -2.29. The van der Waals surface area contributed by atoms with Crippen LogP contribution < -0.4 is 16.2 Å². The first kappa shape index (κ1) is 14.5. The van der Waals surface area contributed by atoms with Crippen LogP contribution in [0, 0.1) is 0 Å². The fourth-order valence-corrected chi connectivity index (χ4v) is 3.47. The molecule has 1 aromatic heterocycles. The third-order valence-electron chi connectivity index (χ3n) is 3.05. The molecule has 102 valence electrons. The molecule has 0 bridgehead atoms. The van der Waals surface area contributed by atoms with E-state index in [9.17, 15) is 0 Å². The first-order valence-electron chi connectivity index (χ1n) is 6.08. The zero-order chi connectivity index (χ0) is 13.8. The summed E-state index contributed by atoms with van der Waals surface area (Å²) in [4.78, 5) is 3.40. The second kappa shape index (κ2) is 6.52. The molecule has 0 aliphatic rings. The van der Waals surface area contributed by atoms with Crippen molar-refractivity contribution < 1.29 is 0 Å². The number of anilines is 1. The number of hydrazine groups is 1. The van der Waals surface area contributed by atoms with Gasteiger partial charge in [0.15, 0.2) is 0 Å². The highest BCUT2D eigenvalue weighted by atomic mass is 79.9. The number of halogens is 1. The summed E-state index contributed by atoms with van der Waals surface area (Å²) in [7, 11) is 4.08. The van der Waals surface area contributed by atoms with E-state index in [0.29, 0.717) is 0 Å². The Bertz CT molecular complexity index is 522. The molecule has 1 heterocycles. The number of nitrogens with two attached hydrogens (primary N) is 1. The zero-order valence-electron chi connectivity index (χ0n) is 11.1. The average molecular weight is 340 g/mol. The van der Waals surface area contributed by atoms with Crippen molar-refractivity contribution in [2.24, 2.45) is 5.84 Å². The molecule has 3 nitrogen and oxygen atoms in total. The molecule has 0 aliphatic heterocycles. The van der Waals surface area contributed by atoms with E-state index in [-0.39, 0.29) is 6.04 Å². The second-order valence-electron chi connectivity index (χ2n) is 4.62. The molecule has 2 rings (SSSR count). The van der Waals surface area contributed by atoms with Gasteiger partial charge in [0.1, 0.15) is 0 Å². The maximum atomic E-state index is 5.69. The maximum Gasteiger partial charge on any atom is 0.0701 e. The summed E-state index contributed by atoms with van der Waals surface area (Å²) < 4.78 is 1.15. The van der Waals surface area contributed by atoms with Crippen molar-refractivity contribution in [3.05, 3.63) is 50.6 Å². The molecule has 0 fully saturated rings. The van der Waals surface area contributed by atoms with E-state index in [0.717, 1.165) is 10.2 Å². The number of hydrogen-bond donors (Lipinski definition) is 2. The minimum Gasteiger partial charge on any atom is -0.378 e. The number of benzene rings is 1. The van der Waals surface area contributed by atoms with Crippen LogP contribution in [0.1, 0.15) is 16.5 Å². The second-order valence-corrected chi connectivity index (χ2v) is 7.16. The molecule has 0 saturated heterocycles. The highest BCUT2D eigenvalue weighted by Crippen LogP contribution is 2.27. The molecule has 1 atom stereocenters. The van der Waals surface area contributed by atoms with E-state index >= 15 is 0 Å². The van der Waals surface area contributed by atoms with Crippen LogP contribution in [-0.4, -0.2) is 14.1 Å². The lowest BCUT2D eigenvalue weighted by molar-refractivity contribution is 0.555. The van der Waals surface area contributed by atoms with Gasteiger partial charge < -0.3 is 4.90 Å². The van der Waals surface area contributed by atoms with Crippen molar-refractivity contribution in [1.82, 2.24) is 5.43 Å². The number of rotatable bonds is 5. The predicted octanol–water partition coefficient (Wildman–Crippen LogP) is 3.32.